The highest BCUT2D eigenvalue weighted by Crippen LogP contribution is 2.22. The van der Waals surface area contributed by atoms with E-state index in [0.29, 0.717) is 22.0 Å². The molecule has 1 atom stereocenters. The molecule has 144 valence electrons. The first-order valence-electron chi connectivity index (χ1n) is 8.45. The summed E-state index contributed by atoms with van der Waals surface area (Å²) in [6.07, 6.45) is 1.27. The van der Waals surface area contributed by atoms with E-state index in [1.54, 1.807) is 24.3 Å². The number of nitrogens with zero attached hydrogens (tertiary/aromatic N) is 1. The molecule has 0 fully saturated rings. The van der Waals surface area contributed by atoms with Gasteiger partial charge in [0, 0.05) is 22.7 Å². The number of fused-ring (bicyclic) bond motifs is 1. The van der Waals surface area contributed by atoms with Crippen molar-refractivity contribution in [3.63, 3.8) is 0 Å². The van der Waals surface area contributed by atoms with Gasteiger partial charge in [0.15, 0.2) is 11.6 Å². The first kappa shape index (κ1) is 19.2. The van der Waals surface area contributed by atoms with E-state index in [4.69, 9.17) is 5.73 Å². The van der Waals surface area contributed by atoms with Crippen LogP contribution in [0.15, 0.2) is 53.5 Å². The lowest BCUT2D eigenvalue weighted by molar-refractivity contribution is -0.120. The van der Waals surface area contributed by atoms with Crippen LogP contribution >= 0.6 is 0 Å². The quantitative estimate of drug-likeness (QED) is 0.707. The maximum absolute atomic E-state index is 13.3. The topological polar surface area (TPSA) is 94.2 Å². The number of nitrogens with one attached hydrogen (secondary N) is 1. The molecule has 0 aliphatic carbocycles. The van der Waals surface area contributed by atoms with Crippen molar-refractivity contribution in [2.75, 3.05) is 5.32 Å². The number of rotatable bonds is 5. The molecule has 3 rings (SSSR count). The van der Waals surface area contributed by atoms with E-state index in [0.717, 1.165) is 12.1 Å². The SMILES string of the molecule is C[C@H](C(N)=O)n1ccc2c(NC(=O)Cc3ccc(F)c(F)c3)cccc2c1=O. The van der Waals surface area contributed by atoms with Gasteiger partial charge in [-0.15, -0.1) is 0 Å². The van der Waals surface area contributed by atoms with Crippen molar-refractivity contribution in [1.82, 2.24) is 4.57 Å². The summed E-state index contributed by atoms with van der Waals surface area (Å²) in [6, 6.07) is 8.81. The van der Waals surface area contributed by atoms with Gasteiger partial charge in [-0.3, -0.25) is 14.4 Å². The Labute approximate surface area is 158 Å². The second-order valence-corrected chi connectivity index (χ2v) is 6.35. The Morgan fingerprint density at radius 2 is 1.86 bits per heavy atom. The highest BCUT2D eigenvalue weighted by Gasteiger charge is 2.15. The van der Waals surface area contributed by atoms with Crippen molar-refractivity contribution >= 4 is 28.3 Å². The van der Waals surface area contributed by atoms with Crippen LogP contribution in [-0.2, 0) is 16.0 Å². The van der Waals surface area contributed by atoms with Crippen molar-refractivity contribution in [2.24, 2.45) is 5.73 Å². The molecule has 0 saturated carbocycles. The maximum atomic E-state index is 13.3. The molecule has 0 bridgehead atoms. The van der Waals surface area contributed by atoms with Crippen LogP contribution in [0.2, 0.25) is 0 Å². The van der Waals surface area contributed by atoms with E-state index in [1.165, 1.54) is 23.8 Å². The zero-order valence-corrected chi connectivity index (χ0v) is 14.9. The van der Waals surface area contributed by atoms with Gasteiger partial charge < -0.3 is 15.6 Å². The van der Waals surface area contributed by atoms with Crippen molar-refractivity contribution in [3.05, 3.63) is 76.2 Å². The summed E-state index contributed by atoms with van der Waals surface area (Å²) in [5, 5.41) is 3.46. The first-order valence-corrected chi connectivity index (χ1v) is 8.45. The molecule has 2 aromatic carbocycles. The van der Waals surface area contributed by atoms with E-state index < -0.39 is 35.0 Å². The summed E-state index contributed by atoms with van der Waals surface area (Å²) in [5.41, 5.74) is 5.55. The van der Waals surface area contributed by atoms with Gasteiger partial charge in [0.05, 0.1) is 6.42 Å². The molecular formula is C20H17F2N3O3. The lowest BCUT2D eigenvalue weighted by atomic mass is 10.1. The third kappa shape index (κ3) is 3.75. The molecular weight excluding hydrogens is 368 g/mol. The van der Waals surface area contributed by atoms with E-state index in [9.17, 15) is 23.2 Å². The molecule has 28 heavy (non-hydrogen) atoms. The van der Waals surface area contributed by atoms with Crippen molar-refractivity contribution in [2.45, 2.75) is 19.4 Å². The number of pyridine rings is 1. The van der Waals surface area contributed by atoms with Crippen molar-refractivity contribution in [3.8, 4) is 0 Å². The van der Waals surface area contributed by atoms with Crippen LogP contribution in [0.4, 0.5) is 14.5 Å². The zero-order valence-electron chi connectivity index (χ0n) is 14.9. The molecule has 3 aromatic rings. The Morgan fingerprint density at radius 1 is 1.11 bits per heavy atom. The highest BCUT2D eigenvalue weighted by molar-refractivity contribution is 6.02. The predicted octanol–water partition coefficient (Wildman–Crippen LogP) is 2.51. The Balaban J connectivity index is 1.90. The number of benzene rings is 2. The second-order valence-electron chi connectivity index (χ2n) is 6.35. The minimum atomic E-state index is -1.03. The average molecular weight is 385 g/mol. The Hall–Kier alpha value is -3.55. The van der Waals surface area contributed by atoms with Crippen molar-refractivity contribution in [1.29, 1.82) is 0 Å². The summed E-state index contributed by atoms with van der Waals surface area (Å²) < 4.78 is 27.5. The van der Waals surface area contributed by atoms with Crippen LogP contribution < -0.4 is 16.6 Å². The fraction of sp³-hybridized carbons (Fsp3) is 0.150. The van der Waals surface area contributed by atoms with Crippen LogP contribution in [0.3, 0.4) is 0 Å². The molecule has 1 aromatic heterocycles. The fourth-order valence-electron chi connectivity index (χ4n) is 2.87. The predicted molar refractivity (Wildman–Crippen MR) is 101 cm³/mol. The molecule has 6 nitrogen and oxygen atoms in total. The monoisotopic (exact) mass is 385 g/mol. The molecule has 0 aliphatic heterocycles. The number of halogens is 2. The number of carbonyl (C=O) groups excluding carboxylic acids is 2. The van der Waals surface area contributed by atoms with Gasteiger partial charge in [-0.25, -0.2) is 8.78 Å². The normalized spacial score (nSPS) is 12.0. The van der Waals surface area contributed by atoms with E-state index in [2.05, 4.69) is 5.32 Å². The third-order valence-corrected chi connectivity index (χ3v) is 4.42. The average Bonchev–Trinajstić information content (AvgIpc) is 2.65. The van der Waals surface area contributed by atoms with E-state index in [1.807, 2.05) is 0 Å². The van der Waals surface area contributed by atoms with Gasteiger partial charge in [0.2, 0.25) is 11.8 Å². The third-order valence-electron chi connectivity index (χ3n) is 4.42. The summed E-state index contributed by atoms with van der Waals surface area (Å²) >= 11 is 0. The van der Waals surface area contributed by atoms with Crippen LogP contribution in [0, 0.1) is 11.6 Å². The highest BCUT2D eigenvalue weighted by atomic mass is 19.2. The smallest absolute Gasteiger partial charge is 0.259 e. The fourth-order valence-corrected chi connectivity index (χ4v) is 2.87. The molecule has 2 amide bonds. The van der Waals surface area contributed by atoms with Gasteiger partial charge in [0.1, 0.15) is 6.04 Å². The molecule has 0 aliphatic rings. The Bertz CT molecular complexity index is 1140. The zero-order chi connectivity index (χ0) is 20.4. The van der Waals surface area contributed by atoms with Crippen LogP contribution in [0.1, 0.15) is 18.5 Å². The number of amides is 2. The van der Waals surface area contributed by atoms with Gasteiger partial charge in [-0.1, -0.05) is 12.1 Å². The number of hydrogen-bond donors (Lipinski definition) is 2. The van der Waals surface area contributed by atoms with Crippen LogP contribution in [-0.4, -0.2) is 16.4 Å². The number of anilines is 1. The molecule has 0 unspecified atom stereocenters. The number of hydrogen-bond acceptors (Lipinski definition) is 3. The molecule has 3 N–H and O–H groups in total. The van der Waals surface area contributed by atoms with Gasteiger partial charge in [-0.05, 0) is 42.8 Å². The molecule has 8 heteroatoms. The number of carbonyl (C=O) groups is 2. The number of nitrogens with two attached hydrogens (primary N) is 1. The van der Waals surface area contributed by atoms with Crippen LogP contribution in [0.25, 0.3) is 10.8 Å². The van der Waals surface area contributed by atoms with E-state index in [-0.39, 0.29) is 6.42 Å². The molecule has 0 spiro atoms. The first-order chi connectivity index (χ1) is 13.3. The number of primary amides is 1. The van der Waals surface area contributed by atoms with Crippen LogP contribution in [0.5, 0.6) is 0 Å². The standard InChI is InChI=1S/C20H17F2N3O3/c1-11(19(23)27)25-8-7-13-14(20(25)28)3-2-4-17(13)24-18(26)10-12-5-6-15(21)16(22)9-12/h2-9,11H,10H2,1H3,(H2,23,27)(H,24,26)/t11-/m1/s1. The molecule has 1 heterocycles. The molecule has 0 radical (unpaired) electrons. The minimum Gasteiger partial charge on any atom is -0.368 e. The maximum Gasteiger partial charge on any atom is 0.259 e. The summed E-state index contributed by atoms with van der Waals surface area (Å²) in [6.45, 7) is 1.52. The summed E-state index contributed by atoms with van der Waals surface area (Å²) in [5.74, 6) is -3.11. The largest absolute Gasteiger partial charge is 0.368 e. The van der Waals surface area contributed by atoms with Gasteiger partial charge in [-0.2, -0.15) is 0 Å². The number of aromatic nitrogens is 1. The summed E-state index contributed by atoms with van der Waals surface area (Å²) in [4.78, 5) is 36.3. The van der Waals surface area contributed by atoms with Gasteiger partial charge >= 0.3 is 0 Å². The van der Waals surface area contributed by atoms with Crippen molar-refractivity contribution < 1.29 is 18.4 Å². The minimum absolute atomic E-state index is 0.163. The Morgan fingerprint density at radius 3 is 2.54 bits per heavy atom. The van der Waals surface area contributed by atoms with Gasteiger partial charge in [0.25, 0.3) is 5.56 Å². The second kappa shape index (κ2) is 7.59. The van der Waals surface area contributed by atoms with E-state index >= 15 is 0 Å². The Kier molecular flexibility index (Phi) is 5.21. The summed E-state index contributed by atoms with van der Waals surface area (Å²) in [7, 11) is 0. The molecule has 0 saturated heterocycles. The lowest BCUT2D eigenvalue weighted by Crippen LogP contribution is -2.31. The lowest BCUT2D eigenvalue weighted by Gasteiger charge is -2.14.